The minimum Gasteiger partial charge on any atom is -0.349 e. The molecule has 0 bridgehead atoms. The van der Waals surface area contributed by atoms with Gasteiger partial charge in [0.2, 0.25) is 5.91 Å². The number of allylic oxidation sites excluding steroid dienone is 1. The van der Waals surface area contributed by atoms with Gasteiger partial charge in [0.15, 0.2) is 0 Å². The smallest absolute Gasteiger partial charge is 0.247 e. The van der Waals surface area contributed by atoms with E-state index in [9.17, 15) is 4.79 Å². The molecular formula is C11H18N2O. The number of hydrogen-bond acceptors (Lipinski definition) is 2. The molecule has 0 aliphatic carbocycles. The predicted molar refractivity (Wildman–Crippen MR) is 58.0 cm³/mol. The molecule has 0 aromatic carbocycles. The van der Waals surface area contributed by atoms with Crippen LogP contribution in [0.25, 0.3) is 0 Å². The third kappa shape index (κ3) is 3.75. The average molecular weight is 194 g/mol. The lowest BCUT2D eigenvalue weighted by Crippen LogP contribution is -2.30. The van der Waals surface area contributed by atoms with Gasteiger partial charge in [-0.1, -0.05) is 17.7 Å². The highest BCUT2D eigenvalue weighted by Gasteiger charge is 2.10. The first-order valence-electron chi connectivity index (χ1n) is 5.01. The van der Waals surface area contributed by atoms with Crippen molar-refractivity contribution < 1.29 is 4.79 Å². The summed E-state index contributed by atoms with van der Waals surface area (Å²) in [6.45, 7) is 6.39. The van der Waals surface area contributed by atoms with E-state index in [1.807, 2.05) is 26.0 Å². The third-order valence-corrected chi connectivity index (χ3v) is 2.13. The van der Waals surface area contributed by atoms with Crippen LogP contribution in [0.1, 0.15) is 20.3 Å². The van der Waals surface area contributed by atoms with Gasteiger partial charge in [-0.05, 0) is 26.8 Å². The van der Waals surface area contributed by atoms with Gasteiger partial charge in [0.25, 0.3) is 0 Å². The molecule has 1 aliphatic heterocycles. The lowest BCUT2D eigenvalue weighted by molar-refractivity contribution is -0.117. The number of rotatable bonds is 3. The third-order valence-electron chi connectivity index (χ3n) is 2.13. The molecule has 2 N–H and O–H groups in total. The van der Waals surface area contributed by atoms with Gasteiger partial charge >= 0.3 is 0 Å². The molecule has 0 saturated carbocycles. The number of carbonyl (C=O) groups excluding carboxylic acids is 1. The van der Waals surface area contributed by atoms with Gasteiger partial charge in [0.05, 0.1) is 0 Å². The Morgan fingerprint density at radius 1 is 1.64 bits per heavy atom. The Morgan fingerprint density at radius 2 is 2.43 bits per heavy atom. The summed E-state index contributed by atoms with van der Waals surface area (Å²) in [5.74, 6) is 0.0731. The molecule has 3 nitrogen and oxygen atoms in total. The van der Waals surface area contributed by atoms with Gasteiger partial charge in [0.1, 0.15) is 0 Å². The van der Waals surface area contributed by atoms with Crippen molar-refractivity contribution >= 4 is 5.91 Å². The van der Waals surface area contributed by atoms with E-state index in [-0.39, 0.29) is 5.91 Å². The van der Waals surface area contributed by atoms with E-state index in [1.54, 1.807) is 0 Å². The fourth-order valence-electron chi connectivity index (χ4n) is 1.29. The lowest BCUT2D eigenvalue weighted by Gasteiger charge is -2.13. The highest BCUT2D eigenvalue weighted by Crippen LogP contribution is 2.03. The Morgan fingerprint density at radius 3 is 3.00 bits per heavy atom. The Labute approximate surface area is 85.3 Å². The molecule has 0 fully saturated rings. The van der Waals surface area contributed by atoms with Crippen molar-refractivity contribution in [2.45, 2.75) is 20.3 Å². The SMILES string of the molecule is CC(C)=CCNC(=O)C1=CCNCC1. The number of amides is 1. The van der Waals surface area contributed by atoms with Gasteiger partial charge in [-0.15, -0.1) is 0 Å². The first-order chi connectivity index (χ1) is 6.70. The Bertz CT molecular complexity index is 262. The summed E-state index contributed by atoms with van der Waals surface area (Å²) >= 11 is 0. The Balaban J connectivity index is 2.34. The molecule has 0 aromatic rings. The van der Waals surface area contributed by atoms with Crippen LogP contribution in [0.15, 0.2) is 23.3 Å². The second-order valence-electron chi connectivity index (χ2n) is 3.67. The monoisotopic (exact) mass is 194 g/mol. The summed E-state index contributed by atoms with van der Waals surface area (Å²) in [7, 11) is 0. The summed E-state index contributed by atoms with van der Waals surface area (Å²) in [5.41, 5.74) is 2.13. The van der Waals surface area contributed by atoms with Crippen LogP contribution in [0, 0.1) is 0 Å². The first-order valence-corrected chi connectivity index (χ1v) is 5.01. The zero-order valence-electron chi connectivity index (χ0n) is 8.89. The minimum atomic E-state index is 0.0731. The van der Waals surface area contributed by atoms with Crippen molar-refractivity contribution in [3.63, 3.8) is 0 Å². The number of carbonyl (C=O) groups is 1. The molecule has 1 rings (SSSR count). The van der Waals surface area contributed by atoms with E-state index in [4.69, 9.17) is 0 Å². The van der Waals surface area contributed by atoms with Crippen molar-refractivity contribution in [3.8, 4) is 0 Å². The molecule has 0 unspecified atom stereocenters. The molecule has 0 atom stereocenters. The van der Waals surface area contributed by atoms with Crippen molar-refractivity contribution in [2.24, 2.45) is 0 Å². The van der Waals surface area contributed by atoms with Crippen molar-refractivity contribution in [1.29, 1.82) is 0 Å². The fourth-order valence-corrected chi connectivity index (χ4v) is 1.29. The Hall–Kier alpha value is -1.09. The quantitative estimate of drug-likeness (QED) is 0.658. The molecule has 0 spiro atoms. The summed E-state index contributed by atoms with van der Waals surface area (Å²) in [6, 6.07) is 0. The topological polar surface area (TPSA) is 41.1 Å². The van der Waals surface area contributed by atoms with E-state index in [2.05, 4.69) is 10.6 Å². The molecule has 1 amide bonds. The molecule has 1 heterocycles. The van der Waals surface area contributed by atoms with E-state index in [0.29, 0.717) is 6.54 Å². The van der Waals surface area contributed by atoms with E-state index in [1.165, 1.54) is 5.57 Å². The van der Waals surface area contributed by atoms with Gasteiger partial charge in [-0.3, -0.25) is 4.79 Å². The Kier molecular flexibility index (Phi) is 4.40. The predicted octanol–water partition coefficient (Wildman–Crippen LogP) is 0.988. The zero-order valence-corrected chi connectivity index (χ0v) is 8.89. The molecule has 0 radical (unpaired) electrons. The molecule has 78 valence electrons. The van der Waals surface area contributed by atoms with Crippen molar-refractivity contribution in [3.05, 3.63) is 23.3 Å². The van der Waals surface area contributed by atoms with Crippen LogP contribution in [0.4, 0.5) is 0 Å². The summed E-state index contributed by atoms with van der Waals surface area (Å²) in [4.78, 5) is 11.5. The molecule has 1 aliphatic rings. The van der Waals surface area contributed by atoms with Crippen LogP contribution in [0.2, 0.25) is 0 Å². The van der Waals surface area contributed by atoms with Gasteiger partial charge in [0, 0.05) is 18.7 Å². The van der Waals surface area contributed by atoms with Crippen LogP contribution in [0.3, 0.4) is 0 Å². The van der Waals surface area contributed by atoms with E-state index >= 15 is 0 Å². The highest BCUT2D eigenvalue weighted by molar-refractivity contribution is 5.93. The molecule has 14 heavy (non-hydrogen) atoms. The van der Waals surface area contributed by atoms with Crippen LogP contribution < -0.4 is 10.6 Å². The minimum absolute atomic E-state index is 0.0731. The molecule has 0 aromatic heterocycles. The van der Waals surface area contributed by atoms with Gasteiger partial charge in [-0.2, -0.15) is 0 Å². The first kappa shape index (κ1) is 11.0. The number of nitrogens with one attached hydrogen (secondary N) is 2. The molecular weight excluding hydrogens is 176 g/mol. The zero-order chi connectivity index (χ0) is 10.4. The van der Waals surface area contributed by atoms with Gasteiger partial charge in [-0.25, -0.2) is 0 Å². The van der Waals surface area contributed by atoms with E-state index in [0.717, 1.165) is 25.1 Å². The van der Waals surface area contributed by atoms with Crippen LogP contribution in [-0.2, 0) is 4.79 Å². The maximum Gasteiger partial charge on any atom is 0.247 e. The van der Waals surface area contributed by atoms with Crippen molar-refractivity contribution in [1.82, 2.24) is 10.6 Å². The summed E-state index contributed by atoms with van der Waals surface area (Å²) in [5, 5.41) is 6.05. The van der Waals surface area contributed by atoms with Crippen molar-refractivity contribution in [2.75, 3.05) is 19.6 Å². The fraction of sp³-hybridized carbons (Fsp3) is 0.545. The lowest BCUT2D eigenvalue weighted by atomic mass is 10.1. The normalized spacial score (nSPS) is 15.7. The van der Waals surface area contributed by atoms with E-state index < -0.39 is 0 Å². The van der Waals surface area contributed by atoms with Crippen LogP contribution in [0.5, 0.6) is 0 Å². The maximum absolute atomic E-state index is 11.5. The summed E-state index contributed by atoms with van der Waals surface area (Å²) < 4.78 is 0. The standard InChI is InChI=1S/C11H18N2O/c1-9(2)3-8-13-11(14)10-4-6-12-7-5-10/h3-4,12H,5-8H2,1-2H3,(H,13,14). The van der Waals surface area contributed by atoms with Crippen LogP contribution >= 0.6 is 0 Å². The second kappa shape index (κ2) is 5.60. The van der Waals surface area contributed by atoms with Crippen LogP contribution in [-0.4, -0.2) is 25.5 Å². The highest BCUT2D eigenvalue weighted by atomic mass is 16.1. The second-order valence-corrected chi connectivity index (χ2v) is 3.67. The summed E-state index contributed by atoms with van der Waals surface area (Å²) in [6.07, 6.45) is 4.81. The molecule has 0 saturated heterocycles. The molecule has 3 heteroatoms. The van der Waals surface area contributed by atoms with Gasteiger partial charge < -0.3 is 10.6 Å². The number of hydrogen-bond donors (Lipinski definition) is 2. The maximum atomic E-state index is 11.5. The average Bonchev–Trinajstić information content (AvgIpc) is 2.18. The largest absolute Gasteiger partial charge is 0.349 e.